The summed E-state index contributed by atoms with van der Waals surface area (Å²) >= 11 is 0. The van der Waals surface area contributed by atoms with Crippen LogP contribution < -0.4 is 0 Å². The number of hydrogen-bond acceptors (Lipinski definition) is 5. The number of carbonyl (C=O) groups is 3. The third-order valence-corrected chi connectivity index (χ3v) is 18.8. The van der Waals surface area contributed by atoms with E-state index < -0.39 is 26.9 Å². The standard InChI is InChI=1S/C42H67NO6S/c1-27(2)28-13-18-42(25-33(44)43-21-23-50(10,48)24-22-43)20-19-40(8)29(35(28)42)11-12-31-39(7)16-15-32(49-34(45)26-37(3,4)36(46)47)38(5,6)30(39)14-17-41(31,40)9/h28-32,35H,1,10-26H2,2-9H3,(H,46,47)/t28-,29+,30-,31+,32-,35+,39-,40+,41+,42+/m0/s1. The minimum atomic E-state index is -2.05. The number of amides is 1. The number of carboxylic acid groups (broad SMARTS) is 1. The van der Waals surface area contributed by atoms with Crippen molar-refractivity contribution in [3.63, 3.8) is 0 Å². The van der Waals surface area contributed by atoms with Gasteiger partial charge in [0.15, 0.2) is 0 Å². The van der Waals surface area contributed by atoms with Gasteiger partial charge >= 0.3 is 11.9 Å². The minimum Gasteiger partial charge on any atom is -0.481 e. The van der Waals surface area contributed by atoms with Gasteiger partial charge in [-0.15, -0.1) is 0 Å². The molecule has 5 saturated carbocycles. The van der Waals surface area contributed by atoms with E-state index in [1.807, 2.05) is 4.90 Å². The molecule has 0 aromatic heterocycles. The highest BCUT2D eigenvalue weighted by atomic mass is 32.2. The third-order valence-electron chi connectivity index (χ3n) is 16.9. The lowest BCUT2D eigenvalue weighted by atomic mass is 9.32. The Hall–Kier alpha value is -1.83. The van der Waals surface area contributed by atoms with Crippen molar-refractivity contribution >= 4 is 33.2 Å². The molecule has 7 nitrogen and oxygen atoms in total. The number of ether oxygens (including phenoxy) is 1. The van der Waals surface area contributed by atoms with E-state index in [1.54, 1.807) is 13.8 Å². The Morgan fingerprint density at radius 2 is 1.54 bits per heavy atom. The van der Waals surface area contributed by atoms with E-state index in [0.717, 1.165) is 51.4 Å². The second kappa shape index (κ2) is 12.4. The first-order chi connectivity index (χ1) is 23.0. The molecule has 50 heavy (non-hydrogen) atoms. The Morgan fingerprint density at radius 1 is 0.880 bits per heavy atom. The van der Waals surface area contributed by atoms with Gasteiger partial charge in [-0.05, 0) is 152 Å². The molecule has 1 aliphatic heterocycles. The van der Waals surface area contributed by atoms with Crippen LogP contribution in [-0.4, -0.2) is 68.6 Å². The number of rotatable bonds is 7. The summed E-state index contributed by atoms with van der Waals surface area (Å²) in [6.07, 6.45) is 11.3. The summed E-state index contributed by atoms with van der Waals surface area (Å²) in [5.41, 5.74) is 0.409. The Labute approximate surface area is 303 Å². The van der Waals surface area contributed by atoms with Gasteiger partial charge < -0.3 is 14.7 Å². The molecule has 0 spiro atoms. The van der Waals surface area contributed by atoms with Gasteiger partial charge in [-0.25, -0.2) is 0 Å². The number of aliphatic carboxylic acids is 1. The normalized spacial score (nSPS) is 43.4. The molecule has 0 bridgehead atoms. The smallest absolute Gasteiger partial charge is 0.309 e. The van der Waals surface area contributed by atoms with Gasteiger partial charge in [0.2, 0.25) is 5.91 Å². The lowest BCUT2D eigenvalue weighted by molar-refractivity contribution is -0.250. The summed E-state index contributed by atoms with van der Waals surface area (Å²) < 4.78 is 18.7. The number of hydrogen-bond donors (Lipinski definition) is 1. The molecular formula is C42H67NO6S. The Morgan fingerprint density at radius 3 is 2.16 bits per heavy atom. The number of fused-ring (bicyclic) bond motifs is 7. The van der Waals surface area contributed by atoms with E-state index in [4.69, 9.17) is 4.74 Å². The molecule has 0 aromatic carbocycles. The molecule has 0 radical (unpaired) electrons. The maximum Gasteiger partial charge on any atom is 0.309 e. The summed E-state index contributed by atoms with van der Waals surface area (Å²) in [6.45, 7) is 23.5. The summed E-state index contributed by atoms with van der Waals surface area (Å²) in [5, 5.41) is 9.60. The van der Waals surface area contributed by atoms with Crippen molar-refractivity contribution in [2.75, 3.05) is 24.6 Å². The zero-order valence-electron chi connectivity index (χ0n) is 32.5. The van der Waals surface area contributed by atoms with Crippen LogP contribution >= 0.6 is 0 Å². The molecule has 0 aromatic rings. The first kappa shape index (κ1) is 37.9. The van der Waals surface area contributed by atoms with Crippen molar-refractivity contribution in [3.05, 3.63) is 12.2 Å². The Bertz CT molecular complexity index is 1520. The van der Waals surface area contributed by atoms with Crippen molar-refractivity contribution in [2.24, 2.45) is 62.1 Å². The largest absolute Gasteiger partial charge is 0.481 e. The number of esters is 1. The molecule has 1 amide bonds. The number of carboxylic acids is 1. The first-order valence-corrected chi connectivity index (χ1v) is 21.8. The summed E-state index contributed by atoms with van der Waals surface area (Å²) in [4.78, 5) is 40.8. The predicted molar refractivity (Wildman–Crippen MR) is 201 cm³/mol. The second-order valence-electron chi connectivity index (χ2n) is 20.2. The van der Waals surface area contributed by atoms with Crippen LogP contribution in [0.2, 0.25) is 0 Å². The fraction of sp³-hybridized carbons (Fsp3) is 0.857. The van der Waals surface area contributed by atoms with Gasteiger partial charge in [-0.3, -0.25) is 18.6 Å². The monoisotopic (exact) mass is 713 g/mol. The van der Waals surface area contributed by atoms with Gasteiger partial charge in [-0.1, -0.05) is 46.8 Å². The average molecular weight is 714 g/mol. The molecule has 1 saturated heterocycles. The van der Waals surface area contributed by atoms with Crippen molar-refractivity contribution in [1.82, 2.24) is 4.90 Å². The predicted octanol–water partition coefficient (Wildman–Crippen LogP) is 8.01. The molecular weight excluding hydrogens is 647 g/mol. The summed E-state index contributed by atoms with van der Waals surface area (Å²) in [7, 11) is -2.05. The molecule has 6 aliphatic rings. The number of allylic oxidation sites excluding steroid dienone is 1. The van der Waals surface area contributed by atoms with Crippen LogP contribution in [0.15, 0.2) is 12.2 Å². The van der Waals surface area contributed by atoms with Gasteiger partial charge in [0.1, 0.15) is 6.10 Å². The minimum absolute atomic E-state index is 0.0115. The van der Waals surface area contributed by atoms with Gasteiger partial charge in [-0.2, -0.15) is 0 Å². The van der Waals surface area contributed by atoms with Crippen molar-refractivity contribution in [2.45, 2.75) is 139 Å². The van der Waals surface area contributed by atoms with Crippen LogP contribution in [0.4, 0.5) is 0 Å². The summed E-state index contributed by atoms with van der Waals surface area (Å²) in [6, 6.07) is 0. The lowest BCUT2D eigenvalue weighted by Gasteiger charge is -2.73. The zero-order chi connectivity index (χ0) is 36.9. The average Bonchev–Trinajstić information content (AvgIpc) is 3.38. The molecule has 0 unspecified atom stereocenters. The van der Waals surface area contributed by atoms with Crippen LogP contribution in [0.5, 0.6) is 0 Å². The maximum atomic E-state index is 14.0. The number of carbonyl (C=O) groups excluding carboxylic acids is 2. The molecule has 282 valence electrons. The van der Waals surface area contributed by atoms with Crippen molar-refractivity contribution in [3.8, 4) is 0 Å². The lowest BCUT2D eigenvalue weighted by Crippen LogP contribution is -2.67. The van der Waals surface area contributed by atoms with Gasteiger partial charge in [0.05, 0.1) is 11.8 Å². The molecule has 5 aliphatic carbocycles. The Kier molecular flexibility index (Phi) is 9.38. The summed E-state index contributed by atoms with van der Waals surface area (Å²) in [5.74, 6) is 6.31. The fourth-order valence-electron chi connectivity index (χ4n) is 13.8. The maximum absolute atomic E-state index is 14.0. The Balaban J connectivity index is 1.24. The zero-order valence-corrected chi connectivity index (χ0v) is 33.4. The van der Waals surface area contributed by atoms with Crippen LogP contribution in [0.25, 0.3) is 0 Å². The second-order valence-corrected chi connectivity index (χ2v) is 22.9. The van der Waals surface area contributed by atoms with Crippen LogP contribution in [0.1, 0.15) is 132 Å². The van der Waals surface area contributed by atoms with E-state index in [-0.39, 0.29) is 45.5 Å². The van der Waals surface area contributed by atoms with E-state index in [2.05, 4.69) is 54.0 Å². The topological polar surface area (TPSA) is 101 Å². The molecule has 10 atom stereocenters. The van der Waals surface area contributed by atoms with E-state index in [1.165, 1.54) is 18.4 Å². The molecule has 8 heteroatoms. The molecule has 6 rings (SSSR count). The quantitative estimate of drug-likeness (QED) is 0.163. The van der Waals surface area contributed by atoms with E-state index in [9.17, 15) is 23.7 Å². The van der Waals surface area contributed by atoms with Gasteiger partial charge in [0, 0.05) is 36.4 Å². The van der Waals surface area contributed by atoms with Crippen molar-refractivity contribution < 1.29 is 28.4 Å². The molecule has 6 fully saturated rings. The molecule has 1 heterocycles. The first-order valence-electron chi connectivity index (χ1n) is 19.7. The fourth-order valence-corrected chi connectivity index (χ4v) is 15.2. The highest BCUT2D eigenvalue weighted by molar-refractivity contribution is 8.00. The molecule has 1 N–H and O–H groups in total. The number of nitrogens with zero attached hydrogens (tertiary/aromatic N) is 1. The van der Waals surface area contributed by atoms with Crippen LogP contribution in [0.3, 0.4) is 0 Å². The highest BCUT2D eigenvalue weighted by Gasteiger charge is 2.71. The van der Waals surface area contributed by atoms with Crippen LogP contribution in [0, 0.1) is 62.1 Å². The SMILES string of the molecule is C=C(C)[C@@H]1CC[C@]2(CC(=O)N3CCS(=C)(=O)CC3)CC[C@]3(C)[C@H](CC[C@@H]4[C@@]5(C)CC[C@H](OC(=O)CC(C)(C)C(=O)O)C(C)(C)[C@@H]5CC[C@]43C)[C@@H]12. The van der Waals surface area contributed by atoms with Crippen LogP contribution in [-0.2, 0) is 28.6 Å². The van der Waals surface area contributed by atoms with E-state index >= 15 is 0 Å². The van der Waals surface area contributed by atoms with Crippen molar-refractivity contribution in [1.29, 1.82) is 0 Å². The van der Waals surface area contributed by atoms with Gasteiger partial charge in [0.25, 0.3) is 0 Å². The third kappa shape index (κ3) is 5.82. The van der Waals surface area contributed by atoms with E-state index in [0.29, 0.717) is 60.6 Å². The highest BCUT2D eigenvalue weighted by Crippen LogP contribution is 2.78.